The molecule has 2 saturated carbocycles. The molecule has 0 heterocycles. The van der Waals surface area contributed by atoms with E-state index in [0.717, 1.165) is 0 Å². The van der Waals surface area contributed by atoms with E-state index in [1.807, 2.05) is 0 Å². The molecule has 0 atom stereocenters. The van der Waals surface area contributed by atoms with E-state index in [4.69, 9.17) is 5.73 Å². The number of nitrogens with two attached hydrogens (primary N) is 1. The van der Waals surface area contributed by atoms with E-state index in [9.17, 15) is 9.18 Å². The molecule has 1 aromatic rings. The smallest absolute Gasteiger partial charge is 0.251 e. The molecule has 96 valence electrons. The second kappa shape index (κ2) is 4.26. The standard InChI is InChI=1S/C14H17FN2O/c15-11-6-5-10(7-12(11)16)14(18)17-13(8-1-2-8)9-3-4-9/h5-9,13H,1-4,16H2,(H,17,18). The molecule has 0 radical (unpaired) electrons. The van der Waals surface area contributed by atoms with E-state index in [2.05, 4.69) is 5.32 Å². The summed E-state index contributed by atoms with van der Waals surface area (Å²) in [6, 6.07) is 4.44. The molecule has 1 aromatic carbocycles. The highest BCUT2D eigenvalue weighted by Gasteiger charge is 2.42. The van der Waals surface area contributed by atoms with Crippen LogP contribution in [-0.2, 0) is 0 Å². The molecule has 2 aliphatic carbocycles. The van der Waals surface area contributed by atoms with Crippen molar-refractivity contribution >= 4 is 11.6 Å². The molecular formula is C14H17FN2O. The van der Waals surface area contributed by atoms with Crippen LogP contribution in [0.5, 0.6) is 0 Å². The van der Waals surface area contributed by atoms with E-state index >= 15 is 0 Å². The quantitative estimate of drug-likeness (QED) is 0.803. The molecule has 18 heavy (non-hydrogen) atoms. The molecule has 0 aromatic heterocycles. The van der Waals surface area contributed by atoms with Crippen molar-refractivity contribution in [1.82, 2.24) is 5.32 Å². The number of nitrogens with one attached hydrogen (secondary N) is 1. The zero-order chi connectivity index (χ0) is 12.7. The lowest BCUT2D eigenvalue weighted by Gasteiger charge is -2.17. The van der Waals surface area contributed by atoms with Gasteiger partial charge in [0.2, 0.25) is 0 Å². The minimum atomic E-state index is -0.479. The van der Waals surface area contributed by atoms with Crippen LogP contribution in [0.15, 0.2) is 18.2 Å². The molecule has 2 aliphatic rings. The second-order valence-electron chi connectivity index (χ2n) is 5.41. The number of amides is 1. The maximum absolute atomic E-state index is 13.0. The number of carbonyl (C=O) groups is 1. The zero-order valence-corrected chi connectivity index (χ0v) is 10.2. The maximum atomic E-state index is 13.0. The Bertz CT molecular complexity index is 469. The van der Waals surface area contributed by atoms with Crippen LogP contribution in [0.25, 0.3) is 0 Å². The fraction of sp³-hybridized carbons (Fsp3) is 0.500. The molecular weight excluding hydrogens is 231 g/mol. The highest BCUT2D eigenvalue weighted by molar-refractivity contribution is 5.95. The number of nitrogen functional groups attached to an aromatic ring is 1. The summed E-state index contributed by atoms with van der Waals surface area (Å²) in [7, 11) is 0. The van der Waals surface area contributed by atoms with Crippen LogP contribution < -0.4 is 11.1 Å². The lowest BCUT2D eigenvalue weighted by atomic mass is 10.1. The van der Waals surface area contributed by atoms with Crippen LogP contribution in [0, 0.1) is 17.7 Å². The molecule has 0 aliphatic heterocycles. The fourth-order valence-electron chi connectivity index (χ4n) is 2.45. The average molecular weight is 248 g/mol. The Hall–Kier alpha value is -1.58. The summed E-state index contributed by atoms with van der Waals surface area (Å²) in [5.41, 5.74) is 5.95. The lowest BCUT2D eigenvalue weighted by molar-refractivity contribution is 0.0926. The largest absolute Gasteiger partial charge is 0.396 e. The normalized spacial score (nSPS) is 19.0. The van der Waals surface area contributed by atoms with Crippen LogP contribution in [0.4, 0.5) is 10.1 Å². The Morgan fingerprint density at radius 2 is 1.89 bits per heavy atom. The first-order chi connectivity index (χ1) is 8.65. The van der Waals surface area contributed by atoms with E-state index < -0.39 is 5.82 Å². The van der Waals surface area contributed by atoms with E-state index in [0.29, 0.717) is 23.4 Å². The van der Waals surface area contributed by atoms with Crippen LogP contribution in [0.1, 0.15) is 36.0 Å². The molecule has 3 nitrogen and oxygen atoms in total. The average Bonchev–Trinajstić information content (AvgIpc) is 3.22. The monoisotopic (exact) mass is 248 g/mol. The van der Waals surface area contributed by atoms with Gasteiger partial charge < -0.3 is 11.1 Å². The SMILES string of the molecule is Nc1cc(C(=O)NC(C2CC2)C2CC2)ccc1F. The van der Waals surface area contributed by atoms with Gasteiger partial charge in [0.15, 0.2) is 0 Å². The predicted molar refractivity (Wildman–Crippen MR) is 67.5 cm³/mol. The first-order valence-electron chi connectivity index (χ1n) is 6.51. The Morgan fingerprint density at radius 1 is 1.28 bits per heavy atom. The van der Waals surface area contributed by atoms with Gasteiger partial charge in [-0.3, -0.25) is 4.79 Å². The minimum Gasteiger partial charge on any atom is -0.396 e. The van der Waals surface area contributed by atoms with Crippen molar-refractivity contribution in [1.29, 1.82) is 0 Å². The molecule has 2 fully saturated rings. The van der Waals surface area contributed by atoms with Crippen molar-refractivity contribution in [2.45, 2.75) is 31.7 Å². The third-order valence-corrected chi connectivity index (χ3v) is 3.82. The maximum Gasteiger partial charge on any atom is 0.251 e. The first kappa shape index (κ1) is 11.5. The van der Waals surface area contributed by atoms with E-state index in [1.165, 1.54) is 43.9 Å². The molecule has 1 amide bonds. The number of hydrogen-bond donors (Lipinski definition) is 2. The van der Waals surface area contributed by atoms with Gasteiger partial charge in [-0.15, -0.1) is 0 Å². The summed E-state index contributed by atoms with van der Waals surface area (Å²) in [6.07, 6.45) is 4.86. The van der Waals surface area contributed by atoms with Crippen LogP contribution in [-0.4, -0.2) is 11.9 Å². The van der Waals surface area contributed by atoms with E-state index in [1.54, 1.807) is 0 Å². The summed E-state index contributed by atoms with van der Waals surface area (Å²) in [5, 5.41) is 3.09. The molecule has 0 spiro atoms. The van der Waals surface area contributed by atoms with Gasteiger partial charge in [0.25, 0.3) is 5.91 Å². The first-order valence-corrected chi connectivity index (χ1v) is 6.51. The molecule has 4 heteroatoms. The number of halogens is 1. The Labute approximate surface area is 106 Å². The van der Waals surface area contributed by atoms with Crippen LogP contribution in [0.3, 0.4) is 0 Å². The number of anilines is 1. The summed E-state index contributed by atoms with van der Waals surface area (Å²) in [5.74, 6) is 0.691. The van der Waals surface area contributed by atoms with Gasteiger partial charge in [-0.2, -0.15) is 0 Å². The molecule has 0 saturated heterocycles. The lowest BCUT2D eigenvalue weighted by Crippen LogP contribution is -2.38. The van der Waals surface area contributed by atoms with Crippen molar-refractivity contribution < 1.29 is 9.18 Å². The van der Waals surface area contributed by atoms with Gasteiger partial charge in [-0.05, 0) is 55.7 Å². The molecule has 3 rings (SSSR count). The van der Waals surface area contributed by atoms with Crippen molar-refractivity contribution in [2.75, 3.05) is 5.73 Å². The van der Waals surface area contributed by atoms with Crippen LogP contribution >= 0.6 is 0 Å². The number of hydrogen-bond acceptors (Lipinski definition) is 2. The van der Waals surface area contributed by atoms with Crippen molar-refractivity contribution in [3.05, 3.63) is 29.6 Å². The molecule has 0 bridgehead atoms. The van der Waals surface area contributed by atoms with Crippen molar-refractivity contribution in [2.24, 2.45) is 11.8 Å². The van der Waals surface area contributed by atoms with Gasteiger partial charge in [0.1, 0.15) is 5.82 Å². The summed E-state index contributed by atoms with van der Waals surface area (Å²) >= 11 is 0. The number of carbonyl (C=O) groups excluding carboxylic acids is 1. The molecule has 3 N–H and O–H groups in total. The van der Waals surface area contributed by atoms with Crippen molar-refractivity contribution in [3.8, 4) is 0 Å². The Morgan fingerprint density at radius 3 is 2.39 bits per heavy atom. The van der Waals surface area contributed by atoms with Gasteiger partial charge in [-0.1, -0.05) is 0 Å². The fourth-order valence-corrected chi connectivity index (χ4v) is 2.45. The van der Waals surface area contributed by atoms with Crippen molar-refractivity contribution in [3.63, 3.8) is 0 Å². The van der Waals surface area contributed by atoms with Crippen LogP contribution in [0.2, 0.25) is 0 Å². The number of benzene rings is 1. The third-order valence-electron chi connectivity index (χ3n) is 3.82. The summed E-state index contributed by atoms with van der Waals surface area (Å²) in [6.45, 7) is 0. The Balaban J connectivity index is 1.71. The molecule has 0 unspecified atom stereocenters. The Kier molecular flexibility index (Phi) is 2.73. The third kappa shape index (κ3) is 2.33. The summed E-state index contributed by atoms with van der Waals surface area (Å²) < 4.78 is 13.0. The van der Waals surface area contributed by atoms with E-state index in [-0.39, 0.29) is 11.6 Å². The minimum absolute atomic E-state index is 0.0250. The second-order valence-corrected chi connectivity index (χ2v) is 5.41. The van der Waals surface area contributed by atoms with Gasteiger partial charge in [-0.25, -0.2) is 4.39 Å². The predicted octanol–water partition coefficient (Wildman–Crippen LogP) is 2.33. The van der Waals surface area contributed by atoms with Gasteiger partial charge in [0, 0.05) is 11.6 Å². The topological polar surface area (TPSA) is 55.1 Å². The highest BCUT2D eigenvalue weighted by atomic mass is 19.1. The number of rotatable bonds is 4. The summed E-state index contributed by atoms with van der Waals surface area (Å²) in [4.78, 5) is 12.1. The van der Waals surface area contributed by atoms with Gasteiger partial charge >= 0.3 is 0 Å². The highest BCUT2D eigenvalue weighted by Crippen LogP contribution is 2.44. The van der Waals surface area contributed by atoms with Gasteiger partial charge in [0.05, 0.1) is 5.69 Å². The zero-order valence-electron chi connectivity index (χ0n) is 10.2.